The van der Waals surface area contributed by atoms with Crippen LogP contribution in [0.3, 0.4) is 0 Å². The fourth-order valence-corrected chi connectivity index (χ4v) is 6.03. The van der Waals surface area contributed by atoms with Crippen LogP contribution >= 0.6 is 23.1 Å². The van der Waals surface area contributed by atoms with Gasteiger partial charge in [0.2, 0.25) is 5.91 Å². The van der Waals surface area contributed by atoms with Crippen molar-refractivity contribution in [1.29, 1.82) is 0 Å². The molecule has 0 spiro atoms. The summed E-state index contributed by atoms with van der Waals surface area (Å²) in [6.45, 7) is 6.64. The van der Waals surface area contributed by atoms with Gasteiger partial charge in [-0.1, -0.05) is 32.0 Å². The maximum atomic E-state index is 13.3. The monoisotopic (exact) mass is 456 g/mol. The largest absolute Gasteiger partial charge is 0.360 e. The molecule has 1 fully saturated rings. The summed E-state index contributed by atoms with van der Waals surface area (Å²) in [5.41, 5.74) is 2.77. The van der Waals surface area contributed by atoms with E-state index in [1.165, 1.54) is 5.56 Å². The van der Waals surface area contributed by atoms with Crippen LogP contribution in [0.4, 0.5) is 0 Å². The summed E-state index contributed by atoms with van der Waals surface area (Å²) in [7, 11) is 0. The number of carbonyl (C=O) groups is 2. The zero-order chi connectivity index (χ0) is 21.8. The van der Waals surface area contributed by atoms with Gasteiger partial charge in [0.1, 0.15) is 6.04 Å². The van der Waals surface area contributed by atoms with Gasteiger partial charge < -0.3 is 15.2 Å². The Morgan fingerprint density at radius 1 is 1.26 bits per heavy atom. The Kier molecular flexibility index (Phi) is 6.99. The molecule has 1 aromatic carbocycles. The maximum absolute atomic E-state index is 13.3. The molecule has 0 saturated carbocycles. The molecule has 2 aromatic heterocycles. The lowest BCUT2D eigenvalue weighted by atomic mass is 10.1. The minimum Gasteiger partial charge on any atom is -0.360 e. The maximum Gasteiger partial charge on any atom is 0.257 e. The fourth-order valence-electron chi connectivity index (χ4n) is 4.17. The molecule has 164 valence electrons. The van der Waals surface area contributed by atoms with Crippen molar-refractivity contribution in [3.8, 4) is 0 Å². The van der Waals surface area contributed by atoms with E-state index in [-0.39, 0.29) is 17.9 Å². The highest BCUT2D eigenvalue weighted by Gasteiger charge is 2.36. The van der Waals surface area contributed by atoms with Crippen molar-refractivity contribution in [2.45, 2.75) is 25.9 Å². The van der Waals surface area contributed by atoms with Crippen molar-refractivity contribution < 1.29 is 9.59 Å². The molecule has 0 radical (unpaired) electrons. The molecule has 2 unspecified atom stereocenters. The minimum atomic E-state index is -0.453. The molecule has 2 N–H and O–H groups in total. The number of likely N-dealkylation sites (N-methyl/N-ethyl adjacent to an activating group) is 1. The number of thiophene rings is 1. The highest BCUT2D eigenvalue weighted by atomic mass is 32.2. The lowest BCUT2D eigenvalue weighted by Gasteiger charge is -2.30. The molecular weight excluding hydrogens is 428 g/mol. The number of nitrogens with zero attached hydrogens (tertiary/aromatic N) is 2. The van der Waals surface area contributed by atoms with Crippen LogP contribution in [0.25, 0.3) is 10.9 Å². The summed E-state index contributed by atoms with van der Waals surface area (Å²) >= 11 is 3.29. The standard InChI is InChI=1S/C23H28N4O2S2/c1-3-26(4-2)20(16-9-10-30-13-16)12-25-22(28)21-14-31-15-27(21)23(29)18-11-24-19-8-6-5-7-17(18)19/h5-11,13,20-21,24H,3-4,12,14-15H2,1-2H3,(H,25,28). The third kappa shape index (κ3) is 4.51. The van der Waals surface area contributed by atoms with Crippen molar-refractivity contribution in [1.82, 2.24) is 20.1 Å². The Bertz CT molecular complexity index is 1030. The average Bonchev–Trinajstić information content (AvgIpc) is 3.56. The average molecular weight is 457 g/mol. The van der Waals surface area contributed by atoms with Crippen LogP contribution in [0.15, 0.2) is 47.3 Å². The predicted molar refractivity (Wildman–Crippen MR) is 129 cm³/mol. The number of nitrogens with one attached hydrogen (secondary N) is 2. The van der Waals surface area contributed by atoms with Crippen molar-refractivity contribution in [3.63, 3.8) is 0 Å². The SMILES string of the molecule is CCN(CC)C(CNC(=O)C1CSCN1C(=O)c1c[nH]c2ccccc12)c1ccsc1. The molecule has 2 atom stereocenters. The van der Waals surface area contributed by atoms with E-state index in [2.05, 4.69) is 45.9 Å². The Hall–Kier alpha value is -2.29. The molecular formula is C23H28N4O2S2. The van der Waals surface area contributed by atoms with Crippen LogP contribution in [0.5, 0.6) is 0 Å². The molecule has 0 aliphatic carbocycles. The molecule has 3 heterocycles. The number of aromatic amines is 1. The Labute approximate surface area is 191 Å². The first-order chi connectivity index (χ1) is 15.1. The van der Waals surface area contributed by atoms with Crippen LogP contribution in [0, 0.1) is 0 Å². The number of hydrogen-bond acceptors (Lipinski definition) is 5. The Morgan fingerprint density at radius 2 is 2.06 bits per heavy atom. The number of hydrogen-bond donors (Lipinski definition) is 2. The first kappa shape index (κ1) is 21.9. The van der Waals surface area contributed by atoms with Crippen LogP contribution in [0.1, 0.15) is 35.8 Å². The van der Waals surface area contributed by atoms with Gasteiger partial charge in [-0.3, -0.25) is 14.5 Å². The quantitative estimate of drug-likeness (QED) is 0.539. The highest BCUT2D eigenvalue weighted by Crippen LogP contribution is 2.27. The van der Waals surface area contributed by atoms with Gasteiger partial charge in [0, 0.05) is 29.4 Å². The van der Waals surface area contributed by atoms with Gasteiger partial charge in [0.25, 0.3) is 5.91 Å². The molecule has 8 heteroatoms. The number of rotatable bonds is 8. The van der Waals surface area contributed by atoms with Crippen molar-refractivity contribution in [2.24, 2.45) is 0 Å². The number of benzene rings is 1. The molecule has 1 saturated heterocycles. The zero-order valence-electron chi connectivity index (χ0n) is 17.8. The molecule has 4 rings (SSSR count). The number of para-hydroxylation sites is 1. The van der Waals surface area contributed by atoms with Gasteiger partial charge in [-0.15, -0.1) is 11.8 Å². The van der Waals surface area contributed by atoms with E-state index in [1.54, 1.807) is 34.2 Å². The summed E-state index contributed by atoms with van der Waals surface area (Å²) < 4.78 is 0. The number of fused-ring (bicyclic) bond motifs is 1. The van der Waals surface area contributed by atoms with Crippen molar-refractivity contribution in [2.75, 3.05) is 31.3 Å². The van der Waals surface area contributed by atoms with Gasteiger partial charge in [-0.05, 0) is 41.5 Å². The van der Waals surface area contributed by atoms with Crippen LogP contribution in [-0.4, -0.2) is 63.9 Å². The topological polar surface area (TPSA) is 68.4 Å². The van der Waals surface area contributed by atoms with Gasteiger partial charge in [0.05, 0.1) is 17.5 Å². The minimum absolute atomic E-state index is 0.0782. The number of H-pyrrole nitrogens is 1. The molecule has 0 bridgehead atoms. The third-order valence-corrected chi connectivity index (χ3v) is 7.63. The van der Waals surface area contributed by atoms with Crippen molar-refractivity contribution >= 4 is 45.8 Å². The van der Waals surface area contributed by atoms with Crippen LogP contribution in [0.2, 0.25) is 0 Å². The molecule has 3 aromatic rings. The lowest BCUT2D eigenvalue weighted by Crippen LogP contribution is -2.49. The predicted octanol–water partition coefficient (Wildman–Crippen LogP) is 3.94. The van der Waals surface area contributed by atoms with E-state index in [0.29, 0.717) is 23.7 Å². The van der Waals surface area contributed by atoms with Gasteiger partial charge in [0.15, 0.2) is 0 Å². The van der Waals surface area contributed by atoms with E-state index in [4.69, 9.17) is 0 Å². The van der Waals surface area contributed by atoms with E-state index in [0.717, 1.165) is 24.0 Å². The van der Waals surface area contributed by atoms with Crippen LogP contribution < -0.4 is 5.32 Å². The Balaban J connectivity index is 1.47. The van der Waals surface area contributed by atoms with E-state index >= 15 is 0 Å². The second-order valence-corrected chi connectivity index (χ2v) is 9.36. The fraction of sp³-hybridized carbons (Fsp3) is 0.391. The summed E-state index contributed by atoms with van der Waals surface area (Å²) in [6, 6.07) is 9.56. The molecule has 2 amide bonds. The second kappa shape index (κ2) is 9.89. The molecule has 1 aliphatic heterocycles. The number of aromatic nitrogens is 1. The summed E-state index contributed by atoms with van der Waals surface area (Å²) in [6.07, 6.45) is 1.75. The summed E-state index contributed by atoms with van der Waals surface area (Å²) in [4.78, 5) is 33.6. The molecule has 1 aliphatic rings. The zero-order valence-corrected chi connectivity index (χ0v) is 19.5. The van der Waals surface area contributed by atoms with E-state index in [9.17, 15) is 9.59 Å². The Morgan fingerprint density at radius 3 is 2.81 bits per heavy atom. The number of carbonyl (C=O) groups excluding carboxylic acids is 2. The normalized spacial score (nSPS) is 17.4. The van der Waals surface area contributed by atoms with Crippen LogP contribution in [-0.2, 0) is 4.79 Å². The third-order valence-electron chi connectivity index (χ3n) is 5.92. The van der Waals surface area contributed by atoms with Gasteiger partial charge >= 0.3 is 0 Å². The molecule has 31 heavy (non-hydrogen) atoms. The summed E-state index contributed by atoms with van der Waals surface area (Å²) in [5.74, 6) is 0.973. The molecule has 6 nitrogen and oxygen atoms in total. The van der Waals surface area contributed by atoms with Gasteiger partial charge in [-0.2, -0.15) is 11.3 Å². The smallest absolute Gasteiger partial charge is 0.257 e. The summed E-state index contributed by atoms with van der Waals surface area (Å²) in [5, 5.41) is 8.25. The lowest BCUT2D eigenvalue weighted by molar-refractivity contribution is -0.124. The first-order valence-corrected chi connectivity index (χ1v) is 12.7. The van der Waals surface area contributed by atoms with Crippen molar-refractivity contribution in [3.05, 3.63) is 58.4 Å². The van der Waals surface area contributed by atoms with E-state index in [1.807, 2.05) is 24.3 Å². The van der Waals surface area contributed by atoms with Gasteiger partial charge in [-0.25, -0.2) is 0 Å². The van der Waals surface area contributed by atoms with E-state index < -0.39 is 6.04 Å². The number of thioether (sulfide) groups is 1. The second-order valence-electron chi connectivity index (χ2n) is 7.58. The highest BCUT2D eigenvalue weighted by molar-refractivity contribution is 7.99. The first-order valence-electron chi connectivity index (χ1n) is 10.6. The number of amides is 2.